The highest BCUT2D eigenvalue weighted by Crippen LogP contribution is 2.40. The summed E-state index contributed by atoms with van der Waals surface area (Å²) in [6, 6.07) is 4.20. The third-order valence-electron chi connectivity index (χ3n) is 3.72. The van der Waals surface area contributed by atoms with Gasteiger partial charge in [0, 0.05) is 18.8 Å². The Kier molecular flexibility index (Phi) is 4.25. The normalized spacial score (nSPS) is 12.0. The molecule has 0 unspecified atom stereocenters. The van der Waals surface area contributed by atoms with Crippen LogP contribution in [0.25, 0.3) is 5.78 Å². The van der Waals surface area contributed by atoms with Crippen LogP contribution in [-0.2, 0) is 19.0 Å². The number of imidazole rings is 1. The van der Waals surface area contributed by atoms with Gasteiger partial charge in [-0.1, -0.05) is 6.92 Å². The fraction of sp³-hybridized carbons (Fsp3) is 0.250. The fourth-order valence-corrected chi connectivity index (χ4v) is 3.13. The maximum absolute atomic E-state index is 13.1. The number of aromatic nitrogens is 3. The number of rotatable bonds is 3. The third-order valence-corrected chi connectivity index (χ3v) is 4.33. The van der Waals surface area contributed by atoms with Crippen LogP contribution in [0, 0.1) is 0 Å². The van der Waals surface area contributed by atoms with Crippen molar-refractivity contribution in [3.8, 4) is 5.75 Å². The molecule has 0 spiro atoms. The topological polar surface area (TPSA) is 50.4 Å². The number of alkyl halides is 3. The Balaban J connectivity index is 2.11. The van der Waals surface area contributed by atoms with E-state index in [1.54, 1.807) is 22.9 Å². The first kappa shape index (κ1) is 16.8. The molecule has 0 amide bonds. The minimum absolute atomic E-state index is 0.0114. The van der Waals surface area contributed by atoms with Gasteiger partial charge in [-0.05, 0) is 46.1 Å². The van der Waals surface area contributed by atoms with Crippen LogP contribution in [0.1, 0.15) is 29.4 Å². The van der Waals surface area contributed by atoms with Gasteiger partial charge in [0.25, 0.3) is 0 Å². The van der Waals surface area contributed by atoms with E-state index >= 15 is 0 Å². The molecule has 0 aliphatic carbocycles. The maximum Gasteiger partial charge on any atom is 0.420 e. The number of hydrogen-bond acceptors (Lipinski definition) is 3. The summed E-state index contributed by atoms with van der Waals surface area (Å²) in [4.78, 5) is 8.57. The van der Waals surface area contributed by atoms with Crippen molar-refractivity contribution >= 4 is 21.7 Å². The molecule has 2 aromatic heterocycles. The van der Waals surface area contributed by atoms with Crippen molar-refractivity contribution in [2.75, 3.05) is 0 Å². The van der Waals surface area contributed by atoms with Crippen LogP contribution in [0.4, 0.5) is 13.2 Å². The molecule has 2 heterocycles. The molecule has 8 heteroatoms. The lowest BCUT2D eigenvalue weighted by molar-refractivity contribution is -0.138. The highest BCUT2D eigenvalue weighted by Gasteiger charge is 2.35. The van der Waals surface area contributed by atoms with E-state index in [9.17, 15) is 18.3 Å². The second kappa shape index (κ2) is 6.08. The largest absolute Gasteiger partial charge is 0.506 e. The number of benzene rings is 1. The van der Waals surface area contributed by atoms with E-state index in [-0.39, 0.29) is 10.9 Å². The lowest BCUT2D eigenvalue weighted by Gasteiger charge is -2.13. The lowest BCUT2D eigenvalue weighted by atomic mass is 10.0. The van der Waals surface area contributed by atoms with Gasteiger partial charge in [0.15, 0.2) is 0 Å². The highest BCUT2D eigenvalue weighted by atomic mass is 79.9. The maximum atomic E-state index is 13.1. The predicted molar refractivity (Wildman–Crippen MR) is 86.0 cm³/mol. The van der Waals surface area contributed by atoms with Crippen molar-refractivity contribution in [2.24, 2.45) is 0 Å². The first-order valence-corrected chi connectivity index (χ1v) is 8.00. The van der Waals surface area contributed by atoms with E-state index in [1.807, 2.05) is 6.92 Å². The Hall–Kier alpha value is -2.09. The van der Waals surface area contributed by atoms with Gasteiger partial charge < -0.3 is 5.11 Å². The van der Waals surface area contributed by atoms with E-state index in [0.29, 0.717) is 17.8 Å². The van der Waals surface area contributed by atoms with E-state index in [4.69, 9.17) is 0 Å². The minimum Gasteiger partial charge on any atom is -0.506 e. The molecular formula is C16H13BrF3N3O. The number of halogens is 4. The molecule has 1 N–H and O–H groups in total. The molecular weight excluding hydrogens is 387 g/mol. The zero-order valence-electron chi connectivity index (χ0n) is 12.6. The Morgan fingerprint density at radius 3 is 2.71 bits per heavy atom. The number of hydrogen-bond donors (Lipinski definition) is 1. The third kappa shape index (κ3) is 2.98. The summed E-state index contributed by atoms with van der Waals surface area (Å²) in [7, 11) is 0. The van der Waals surface area contributed by atoms with Crippen molar-refractivity contribution in [3.63, 3.8) is 0 Å². The molecule has 24 heavy (non-hydrogen) atoms. The fourth-order valence-electron chi connectivity index (χ4n) is 2.62. The van der Waals surface area contributed by atoms with Crippen molar-refractivity contribution in [3.05, 3.63) is 57.6 Å². The molecule has 0 saturated carbocycles. The molecule has 0 atom stereocenters. The number of phenolic OH excluding ortho intramolecular Hbond substituents is 1. The summed E-state index contributed by atoms with van der Waals surface area (Å²) in [5.41, 5.74) is 0.932. The second-order valence-corrected chi connectivity index (χ2v) is 6.15. The molecule has 0 fully saturated rings. The molecule has 0 saturated heterocycles. The molecule has 126 valence electrons. The van der Waals surface area contributed by atoms with Crippen LogP contribution >= 0.6 is 15.9 Å². The predicted octanol–water partition coefficient (Wildman–Crippen LogP) is 4.37. The SMILES string of the molecule is CCc1nc2ncccn2c1Cc1cc(Br)c(O)c(C(F)(F)F)c1. The average Bonchev–Trinajstić information content (AvgIpc) is 2.87. The van der Waals surface area contributed by atoms with Crippen LogP contribution in [0.5, 0.6) is 5.75 Å². The minimum atomic E-state index is -4.63. The zero-order chi connectivity index (χ0) is 17.5. The zero-order valence-corrected chi connectivity index (χ0v) is 14.2. The van der Waals surface area contributed by atoms with Gasteiger partial charge in [-0.15, -0.1) is 0 Å². The van der Waals surface area contributed by atoms with E-state index in [2.05, 4.69) is 25.9 Å². The van der Waals surface area contributed by atoms with Crippen LogP contribution in [0.3, 0.4) is 0 Å². The summed E-state index contributed by atoms with van der Waals surface area (Å²) < 4.78 is 41.0. The molecule has 1 aromatic carbocycles. The number of fused-ring (bicyclic) bond motifs is 1. The Morgan fingerprint density at radius 2 is 2.04 bits per heavy atom. The molecule has 3 aromatic rings. The molecule has 3 rings (SSSR count). The summed E-state index contributed by atoms with van der Waals surface area (Å²) in [6.07, 6.45) is -0.340. The smallest absolute Gasteiger partial charge is 0.420 e. The van der Waals surface area contributed by atoms with Crippen molar-refractivity contribution in [1.29, 1.82) is 0 Å². The first-order chi connectivity index (χ1) is 11.3. The summed E-state index contributed by atoms with van der Waals surface area (Å²) in [6.45, 7) is 1.93. The van der Waals surface area contributed by atoms with Gasteiger partial charge in [-0.2, -0.15) is 13.2 Å². The molecule has 0 bridgehead atoms. The average molecular weight is 400 g/mol. The van der Waals surface area contributed by atoms with Crippen molar-refractivity contribution in [2.45, 2.75) is 25.9 Å². The van der Waals surface area contributed by atoms with Crippen LogP contribution in [0.2, 0.25) is 0 Å². The monoisotopic (exact) mass is 399 g/mol. The van der Waals surface area contributed by atoms with Gasteiger partial charge in [0.1, 0.15) is 5.75 Å². The van der Waals surface area contributed by atoms with Crippen molar-refractivity contribution < 1.29 is 18.3 Å². The van der Waals surface area contributed by atoms with Gasteiger partial charge in [-0.25, -0.2) is 9.97 Å². The summed E-state index contributed by atoms with van der Waals surface area (Å²) in [5, 5.41) is 9.66. The molecule has 0 radical (unpaired) electrons. The van der Waals surface area contributed by atoms with E-state index in [1.165, 1.54) is 6.07 Å². The van der Waals surface area contributed by atoms with E-state index in [0.717, 1.165) is 17.5 Å². The Bertz CT molecular complexity index is 905. The molecule has 4 nitrogen and oxygen atoms in total. The summed E-state index contributed by atoms with van der Waals surface area (Å²) in [5.74, 6) is -0.292. The second-order valence-electron chi connectivity index (χ2n) is 5.30. The van der Waals surface area contributed by atoms with Crippen LogP contribution < -0.4 is 0 Å². The van der Waals surface area contributed by atoms with Gasteiger partial charge in [0.05, 0.1) is 21.4 Å². The van der Waals surface area contributed by atoms with Gasteiger partial charge >= 0.3 is 6.18 Å². The summed E-state index contributed by atoms with van der Waals surface area (Å²) >= 11 is 2.99. The standard InChI is InChI=1S/C16H13BrF3N3O/c1-2-12-13(23-5-3-4-21-15(23)22-12)8-9-6-10(16(18,19)20)14(24)11(17)7-9/h3-7,24H,2,8H2,1H3. The van der Waals surface area contributed by atoms with Crippen LogP contribution in [-0.4, -0.2) is 19.5 Å². The van der Waals surface area contributed by atoms with Gasteiger partial charge in [-0.3, -0.25) is 4.40 Å². The van der Waals surface area contributed by atoms with E-state index < -0.39 is 17.5 Å². The van der Waals surface area contributed by atoms with Crippen LogP contribution in [0.15, 0.2) is 35.1 Å². The number of aryl methyl sites for hydroxylation is 1. The van der Waals surface area contributed by atoms with Gasteiger partial charge in [0.2, 0.25) is 5.78 Å². The lowest BCUT2D eigenvalue weighted by Crippen LogP contribution is -2.07. The number of phenols is 1. The Morgan fingerprint density at radius 1 is 1.29 bits per heavy atom. The number of aromatic hydroxyl groups is 1. The Labute approximate surface area is 144 Å². The number of nitrogens with zero attached hydrogens (tertiary/aromatic N) is 3. The first-order valence-electron chi connectivity index (χ1n) is 7.20. The molecule has 0 aliphatic rings. The quantitative estimate of drug-likeness (QED) is 0.711. The molecule has 0 aliphatic heterocycles. The highest BCUT2D eigenvalue weighted by molar-refractivity contribution is 9.10. The van der Waals surface area contributed by atoms with Crippen molar-refractivity contribution in [1.82, 2.24) is 14.4 Å².